The fraction of sp³-hybridized carbons (Fsp3) is 0.444. The Bertz CT molecular complexity index is 630. The van der Waals surface area contributed by atoms with Crippen LogP contribution in [0.1, 0.15) is 32.8 Å². The number of amides is 1. The lowest BCUT2D eigenvalue weighted by Gasteiger charge is -2.12. The number of benzene rings is 1. The SMILES string of the molecule is CCCNC(=O)[C@@H](C)OC(=O)/C=C/c1cc(Cl)c(OC)c(OCC)c1. The molecule has 0 fully saturated rings. The maximum absolute atomic E-state index is 11.8. The van der Waals surface area contributed by atoms with E-state index in [2.05, 4.69) is 5.32 Å². The number of esters is 1. The van der Waals surface area contributed by atoms with Gasteiger partial charge < -0.3 is 19.5 Å². The summed E-state index contributed by atoms with van der Waals surface area (Å²) in [7, 11) is 1.50. The van der Waals surface area contributed by atoms with Crippen LogP contribution < -0.4 is 14.8 Å². The lowest BCUT2D eigenvalue weighted by Crippen LogP contribution is -2.35. The van der Waals surface area contributed by atoms with E-state index in [9.17, 15) is 9.59 Å². The van der Waals surface area contributed by atoms with Gasteiger partial charge in [-0.3, -0.25) is 4.79 Å². The molecular weight excluding hydrogens is 346 g/mol. The molecule has 1 atom stereocenters. The third-order valence-electron chi connectivity index (χ3n) is 3.16. The quantitative estimate of drug-likeness (QED) is 0.534. The molecule has 0 bridgehead atoms. The van der Waals surface area contributed by atoms with E-state index in [-0.39, 0.29) is 5.91 Å². The molecule has 0 radical (unpaired) electrons. The second-order valence-electron chi connectivity index (χ2n) is 5.17. The first-order valence-corrected chi connectivity index (χ1v) is 8.47. The van der Waals surface area contributed by atoms with Gasteiger partial charge in [-0.2, -0.15) is 0 Å². The van der Waals surface area contributed by atoms with Gasteiger partial charge in [0.1, 0.15) is 0 Å². The molecule has 0 saturated heterocycles. The predicted molar refractivity (Wildman–Crippen MR) is 97.1 cm³/mol. The van der Waals surface area contributed by atoms with Crippen LogP contribution in [0.5, 0.6) is 11.5 Å². The van der Waals surface area contributed by atoms with Crippen LogP contribution in [0.4, 0.5) is 0 Å². The van der Waals surface area contributed by atoms with Crippen LogP contribution >= 0.6 is 11.6 Å². The van der Waals surface area contributed by atoms with Crippen LogP contribution in [0.2, 0.25) is 5.02 Å². The molecule has 0 aromatic heterocycles. The fourth-order valence-corrected chi connectivity index (χ4v) is 2.26. The second-order valence-corrected chi connectivity index (χ2v) is 5.58. The van der Waals surface area contributed by atoms with Crippen molar-refractivity contribution in [1.82, 2.24) is 5.32 Å². The van der Waals surface area contributed by atoms with Crippen molar-refractivity contribution < 1.29 is 23.8 Å². The first-order chi connectivity index (χ1) is 11.9. The van der Waals surface area contributed by atoms with Crippen molar-refractivity contribution in [3.8, 4) is 11.5 Å². The first-order valence-electron chi connectivity index (χ1n) is 8.09. The van der Waals surface area contributed by atoms with Gasteiger partial charge in [0.2, 0.25) is 0 Å². The Labute approximate surface area is 153 Å². The molecule has 138 valence electrons. The Morgan fingerprint density at radius 1 is 1.32 bits per heavy atom. The van der Waals surface area contributed by atoms with E-state index in [1.807, 2.05) is 13.8 Å². The van der Waals surface area contributed by atoms with Gasteiger partial charge in [-0.05, 0) is 44.0 Å². The third-order valence-corrected chi connectivity index (χ3v) is 3.44. The Kier molecular flexibility index (Phi) is 8.84. The highest BCUT2D eigenvalue weighted by Crippen LogP contribution is 2.36. The molecule has 1 amide bonds. The van der Waals surface area contributed by atoms with Gasteiger partial charge in [-0.15, -0.1) is 0 Å². The number of halogens is 1. The molecule has 1 aromatic rings. The molecule has 0 heterocycles. The van der Waals surface area contributed by atoms with Gasteiger partial charge in [-0.25, -0.2) is 4.79 Å². The van der Waals surface area contributed by atoms with Crippen molar-refractivity contribution in [2.24, 2.45) is 0 Å². The molecule has 1 rings (SSSR count). The molecule has 25 heavy (non-hydrogen) atoms. The number of carbonyl (C=O) groups is 2. The Morgan fingerprint density at radius 3 is 2.64 bits per heavy atom. The van der Waals surface area contributed by atoms with Crippen molar-refractivity contribution in [1.29, 1.82) is 0 Å². The Balaban J connectivity index is 2.77. The standard InChI is InChI=1S/C18H24ClNO5/c1-5-9-20-18(22)12(3)25-16(21)8-7-13-10-14(19)17(23-4)15(11-13)24-6-2/h7-8,10-12H,5-6,9H2,1-4H3,(H,20,22)/b8-7+/t12-/m1/s1. The van der Waals surface area contributed by atoms with Gasteiger partial charge in [0.15, 0.2) is 17.6 Å². The van der Waals surface area contributed by atoms with Crippen molar-refractivity contribution >= 4 is 29.6 Å². The molecular formula is C18H24ClNO5. The van der Waals surface area contributed by atoms with E-state index >= 15 is 0 Å². The average Bonchev–Trinajstić information content (AvgIpc) is 2.58. The van der Waals surface area contributed by atoms with Gasteiger partial charge >= 0.3 is 5.97 Å². The van der Waals surface area contributed by atoms with E-state index in [4.69, 9.17) is 25.8 Å². The number of nitrogens with one attached hydrogen (secondary N) is 1. The van der Waals surface area contributed by atoms with E-state index in [0.29, 0.717) is 35.2 Å². The normalized spacial score (nSPS) is 11.9. The number of methoxy groups -OCH3 is 1. The lowest BCUT2D eigenvalue weighted by atomic mass is 10.2. The largest absolute Gasteiger partial charge is 0.491 e. The van der Waals surface area contributed by atoms with Crippen molar-refractivity contribution in [2.75, 3.05) is 20.3 Å². The molecule has 0 aliphatic carbocycles. The summed E-state index contributed by atoms with van der Waals surface area (Å²) in [5.41, 5.74) is 0.647. The highest BCUT2D eigenvalue weighted by atomic mass is 35.5. The molecule has 1 N–H and O–H groups in total. The summed E-state index contributed by atoms with van der Waals surface area (Å²) in [6.45, 7) is 6.30. The second kappa shape index (κ2) is 10.6. The van der Waals surface area contributed by atoms with Crippen molar-refractivity contribution in [2.45, 2.75) is 33.3 Å². The molecule has 0 unspecified atom stereocenters. The lowest BCUT2D eigenvalue weighted by molar-refractivity contribution is -0.150. The number of carbonyl (C=O) groups excluding carboxylic acids is 2. The van der Waals surface area contributed by atoms with Crippen LogP contribution in [-0.4, -0.2) is 38.2 Å². The molecule has 0 spiro atoms. The van der Waals surface area contributed by atoms with E-state index in [0.717, 1.165) is 6.42 Å². The first kappa shape index (κ1) is 20.8. The number of hydrogen-bond acceptors (Lipinski definition) is 5. The molecule has 6 nitrogen and oxygen atoms in total. The third kappa shape index (κ3) is 6.66. The van der Waals surface area contributed by atoms with Crippen LogP contribution in [0.25, 0.3) is 6.08 Å². The fourth-order valence-electron chi connectivity index (χ4n) is 1.97. The van der Waals surface area contributed by atoms with Crippen LogP contribution in [0.3, 0.4) is 0 Å². The molecule has 0 aliphatic rings. The minimum atomic E-state index is -0.859. The summed E-state index contributed by atoms with van der Waals surface area (Å²) < 4.78 is 15.7. The highest BCUT2D eigenvalue weighted by molar-refractivity contribution is 6.32. The van der Waals surface area contributed by atoms with Gasteiger partial charge in [0, 0.05) is 12.6 Å². The Hall–Kier alpha value is -2.21. The van der Waals surface area contributed by atoms with Gasteiger partial charge in [0.05, 0.1) is 18.7 Å². The molecule has 0 aliphatic heterocycles. The van der Waals surface area contributed by atoms with Crippen LogP contribution in [-0.2, 0) is 14.3 Å². The molecule has 0 saturated carbocycles. The van der Waals surface area contributed by atoms with E-state index < -0.39 is 12.1 Å². The topological polar surface area (TPSA) is 73.9 Å². The monoisotopic (exact) mass is 369 g/mol. The minimum Gasteiger partial charge on any atom is -0.491 e. The minimum absolute atomic E-state index is 0.324. The maximum atomic E-state index is 11.8. The zero-order valence-electron chi connectivity index (χ0n) is 14.9. The smallest absolute Gasteiger partial charge is 0.331 e. The van der Waals surface area contributed by atoms with Crippen LogP contribution in [0, 0.1) is 0 Å². The van der Waals surface area contributed by atoms with E-state index in [1.54, 1.807) is 12.1 Å². The molecule has 1 aromatic carbocycles. The zero-order chi connectivity index (χ0) is 18.8. The zero-order valence-corrected chi connectivity index (χ0v) is 15.7. The van der Waals surface area contributed by atoms with Gasteiger partial charge in [0.25, 0.3) is 5.91 Å². The molecule has 7 heteroatoms. The number of ether oxygens (including phenoxy) is 3. The summed E-state index contributed by atoms with van der Waals surface area (Å²) in [6, 6.07) is 3.35. The Morgan fingerprint density at radius 2 is 2.04 bits per heavy atom. The van der Waals surface area contributed by atoms with Crippen molar-refractivity contribution in [3.63, 3.8) is 0 Å². The highest BCUT2D eigenvalue weighted by Gasteiger charge is 2.16. The summed E-state index contributed by atoms with van der Waals surface area (Å²) in [5.74, 6) is -0.0268. The van der Waals surface area contributed by atoms with Crippen LogP contribution in [0.15, 0.2) is 18.2 Å². The number of rotatable bonds is 9. The average molecular weight is 370 g/mol. The van der Waals surface area contributed by atoms with Gasteiger partial charge in [-0.1, -0.05) is 18.5 Å². The predicted octanol–water partition coefficient (Wildman–Crippen LogP) is 3.22. The summed E-state index contributed by atoms with van der Waals surface area (Å²) in [5, 5.41) is 3.03. The maximum Gasteiger partial charge on any atom is 0.331 e. The summed E-state index contributed by atoms with van der Waals surface area (Å²) >= 11 is 6.15. The van der Waals surface area contributed by atoms with Crippen molar-refractivity contribution in [3.05, 3.63) is 28.8 Å². The number of hydrogen-bond donors (Lipinski definition) is 1. The van der Waals surface area contributed by atoms with E-state index in [1.165, 1.54) is 26.2 Å². The summed E-state index contributed by atoms with van der Waals surface area (Å²) in [4.78, 5) is 23.5. The summed E-state index contributed by atoms with van der Waals surface area (Å²) in [6.07, 6.45) is 2.72.